The number of fused-ring (bicyclic) bond motifs is 1. The van der Waals surface area contributed by atoms with Gasteiger partial charge in [0.25, 0.3) is 5.91 Å². The number of benzene rings is 3. The van der Waals surface area contributed by atoms with Gasteiger partial charge < -0.3 is 29.5 Å². The highest BCUT2D eigenvalue weighted by Crippen LogP contribution is 2.43. The highest BCUT2D eigenvalue weighted by molar-refractivity contribution is 6.30. The van der Waals surface area contributed by atoms with Crippen molar-refractivity contribution >= 4 is 28.9 Å². The van der Waals surface area contributed by atoms with Crippen LogP contribution in [-0.4, -0.2) is 45.0 Å². The van der Waals surface area contributed by atoms with E-state index >= 15 is 4.39 Å². The van der Waals surface area contributed by atoms with Gasteiger partial charge in [0.2, 0.25) is 0 Å². The van der Waals surface area contributed by atoms with Crippen LogP contribution in [0.15, 0.2) is 48.5 Å². The number of hydrogen-bond donors (Lipinski definition) is 2. The minimum Gasteiger partial charge on any atom is -0.497 e. The molecule has 3 aromatic carbocycles. The molecule has 3 aromatic rings. The first-order valence-electron chi connectivity index (χ1n) is 12.8. The van der Waals surface area contributed by atoms with Crippen molar-refractivity contribution in [1.82, 2.24) is 0 Å². The third-order valence-corrected chi connectivity index (χ3v) is 6.41. The fourth-order valence-corrected chi connectivity index (χ4v) is 4.54. The van der Waals surface area contributed by atoms with Crippen molar-refractivity contribution in [2.75, 3.05) is 44.2 Å². The summed E-state index contributed by atoms with van der Waals surface area (Å²) < 4.78 is 72.0. The van der Waals surface area contributed by atoms with Gasteiger partial charge in [0.05, 0.1) is 26.4 Å². The van der Waals surface area contributed by atoms with E-state index in [1.165, 1.54) is 36.3 Å². The molecule has 0 aromatic heterocycles. The number of ether oxygens (including phenoxy) is 3. The fraction of sp³-hybridized carbons (Fsp3) is 0.345. The van der Waals surface area contributed by atoms with Gasteiger partial charge in [0, 0.05) is 46.7 Å². The molecule has 0 bridgehead atoms. The second-order valence-electron chi connectivity index (χ2n) is 8.63. The van der Waals surface area contributed by atoms with Gasteiger partial charge in [-0.25, -0.2) is 4.39 Å². The van der Waals surface area contributed by atoms with Crippen LogP contribution >= 0.6 is 11.6 Å². The molecule has 4 rings (SSSR count). The van der Waals surface area contributed by atoms with Crippen LogP contribution in [0.2, 0.25) is 5.02 Å². The van der Waals surface area contributed by atoms with E-state index in [9.17, 15) is 18.0 Å². The van der Waals surface area contributed by atoms with Gasteiger partial charge in [-0.05, 0) is 36.2 Å². The van der Waals surface area contributed by atoms with E-state index < -0.39 is 29.5 Å². The Bertz CT molecular complexity index is 1370. The first kappa shape index (κ1) is 31.8. The molecular formula is C29H31ClF4N2O5. The Morgan fingerprint density at radius 2 is 1.78 bits per heavy atom. The molecule has 1 heterocycles. The third kappa shape index (κ3) is 7.34. The number of methoxy groups -OCH3 is 2. The summed E-state index contributed by atoms with van der Waals surface area (Å²) in [5.74, 6) is -1.15. The van der Waals surface area contributed by atoms with Crippen molar-refractivity contribution < 1.29 is 41.7 Å². The number of carbonyl (C=O) groups excluding carboxylic acids is 1. The summed E-state index contributed by atoms with van der Waals surface area (Å²) >= 11 is 5.93. The highest BCUT2D eigenvalue weighted by Gasteiger charge is 2.39. The van der Waals surface area contributed by atoms with Crippen molar-refractivity contribution in [3.8, 4) is 17.2 Å². The molecule has 41 heavy (non-hydrogen) atoms. The Morgan fingerprint density at radius 3 is 2.39 bits per heavy atom. The largest absolute Gasteiger partial charge is 0.497 e. The number of nitrogens with zero attached hydrogens (tertiary/aromatic N) is 1. The normalized spacial score (nSPS) is 13.1. The molecule has 0 saturated carbocycles. The summed E-state index contributed by atoms with van der Waals surface area (Å²) in [6, 6.07) is 9.21. The van der Waals surface area contributed by atoms with Crippen molar-refractivity contribution in [3.05, 3.63) is 76.1 Å². The molecule has 12 heteroatoms. The molecule has 222 valence electrons. The molecule has 0 fully saturated rings. The van der Waals surface area contributed by atoms with E-state index in [1.807, 2.05) is 13.8 Å². The zero-order chi connectivity index (χ0) is 30.3. The SMILES string of the molecule is CC.COc1cc(NC(C(=O)N2CCc3cc(OC)c(C(F)(F)F)cc32)c2ccc(Cl)cc2F)cc(OCCO)c1. The summed E-state index contributed by atoms with van der Waals surface area (Å²) in [5, 5.41) is 12.2. The van der Waals surface area contributed by atoms with Crippen LogP contribution in [0.1, 0.15) is 36.6 Å². The standard InChI is InChI=1S/C27H25ClF4N2O5.C2H6/c1-37-18-11-17(12-19(13-18)39-8-7-35)33-25(20-4-3-16(28)10-22(20)29)26(36)34-6-5-15-9-24(38-2)21(14-23(15)34)27(30,31)32;1-2/h3-4,9-14,25,33,35H,5-8H2,1-2H3;1-2H3. The number of aliphatic hydroxyl groups is 1. The molecule has 2 N–H and O–H groups in total. The number of rotatable bonds is 9. The number of amides is 1. The smallest absolute Gasteiger partial charge is 0.420 e. The molecular weight excluding hydrogens is 568 g/mol. The number of alkyl halides is 3. The van der Waals surface area contributed by atoms with Crippen LogP contribution in [0.5, 0.6) is 17.2 Å². The number of anilines is 2. The predicted octanol–water partition coefficient (Wildman–Crippen LogP) is 6.65. The number of aliphatic hydroxyl groups excluding tert-OH is 1. The van der Waals surface area contributed by atoms with Gasteiger partial charge in [0.1, 0.15) is 35.7 Å². The Labute approximate surface area is 240 Å². The summed E-state index contributed by atoms with van der Waals surface area (Å²) in [6.45, 7) is 3.83. The van der Waals surface area contributed by atoms with Gasteiger partial charge in [-0.15, -0.1) is 0 Å². The average Bonchev–Trinajstić information content (AvgIpc) is 3.37. The number of carbonyl (C=O) groups is 1. The van der Waals surface area contributed by atoms with Crippen LogP contribution < -0.4 is 24.4 Å². The molecule has 0 spiro atoms. The molecule has 1 amide bonds. The van der Waals surface area contributed by atoms with E-state index in [0.717, 1.165) is 19.2 Å². The molecule has 0 radical (unpaired) electrons. The summed E-state index contributed by atoms with van der Waals surface area (Å²) in [5.41, 5.74) is -0.233. The van der Waals surface area contributed by atoms with Crippen LogP contribution in [0.3, 0.4) is 0 Å². The Morgan fingerprint density at radius 1 is 1.07 bits per heavy atom. The Hall–Kier alpha value is -3.70. The van der Waals surface area contributed by atoms with Crippen LogP contribution in [0.25, 0.3) is 0 Å². The lowest BCUT2D eigenvalue weighted by molar-refractivity contribution is -0.138. The molecule has 7 nitrogen and oxygen atoms in total. The van der Waals surface area contributed by atoms with E-state index in [4.69, 9.17) is 30.9 Å². The number of nitrogens with one attached hydrogen (secondary N) is 1. The number of hydrogen-bond acceptors (Lipinski definition) is 6. The van der Waals surface area contributed by atoms with E-state index in [2.05, 4.69) is 5.32 Å². The lowest BCUT2D eigenvalue weighted by Gasteiger charge is -2.27. The minimum absolute atomic E-state index is 0.00363. The van der Waals surface area contributed by atoms with Gasteiger partial charge in [-0.1, -0.05) is 31.5 Å². The maximum Gasteiger partial charge on any atom is 0.420 e. The summed E-state index contributed by atoms with van der Waals surface area (Å²) in [4.78, 5) is 15.1. The second-order valence-corrected chi connectivity index (χ2v) is 9.07. The summed E-state index contributed by atoms with van der Waals surface area (Å²) in [6.07, 6.45) is -4.44. The zero-order valence-electron chi connectivity index (χ0n) is 22.9. The van der Waals surface area contributed by atoms with E-state index in [1.54, 1.807) is 12.1 Å². The molecule has 1 aliphatic rings. The van der Waals surface area contributed by atoms with Crippen molar-refractivity contribution in [2.45, 2.75) is 32.5 Å². The predicted molar refractivity (Wildman–Crippen MR) is 149 cm³/mol. The lowest BCUT2D eigenvalue weighted by atomic mass is 10.0. The average molecular weight is 599 g/mol. The van der Waals surface area contributed by atoms with Gasteiger partial charge in [0.15, 0.2) is 0 Å². The maximum atomic E-state index is 15.1. The summed E-state index contributed by atoms with van der Waals surface area (Å²) in [7, 11) is 2.56. The van der Waals surface area contributed by atoms with Gasteiger partial charge in [-0.3, -0.25) is 4.79 Å². The minimum atomic E-state index is -4.72. The maximum absolute atomic E-state index is 15.1. The quantitative estimate of drug-likeness (QED) is 0.268. The van der Waals surface area contributed by atoms with E-state index in [0.29, 0.717) is 22.7 Å². The fourth-order valence-electron chi connectivity index (χ4n) is 4.38. The van der Waals surface area contributed by atoms with Gasteiger partial charge in [-0.2, -0.15) is 13.2 Å². The Balaban J connectivity index is 0.00000226. The zero-order valence-corrected chi connectivity index (χ0v) is 23.7. The highest BCUT2D eigenvalue weighted by atomic mass is 35.5. The monoisotopic (exact) mass is 598 g/mol. The van der Waals surface area contributed by atoms with Gasteiger partial charge >= 0.3 is 6.18 Å². The van der Waals surface area contributed by atoms with E-state index in [-0.39, 0.29) is 48.2 Å². The van der Waals surface area contributed by atoms with Crippen molar-refractivity contribution in [1.29, 1.82) is 0 Å². The number of halogens is 5. The first-order valence-corrected chi connectivity index (χ1v) is 13.2. The molecule has 1 aliphatic heterocycles. The molecule has 1 atom stereocenters. The Kier molecular flexibility index (Phi) is 10.7. The molecule has 0 saturated heterocycles. The van der Waals surface area contributed by atoms with Crippen LogP contribution in [0, 0.1) is 5.82 Å². The lowest BCUT2D eigenvalue weighted by Crippen LogP contribution is -2.37. The van der Waals surface area contributed by atoms with Crippen LogP contribution in [-0.2, 0) is 17.4 Å². The van der Waals surface area contributed by atoms with Crippen LogP contribution in [0.4, 0.5) is 28.9 Å². The third-order valence-electron chi connectivity index (χ3n) is 6.17. The topological polar surface area (TPSA) is 80.3 Å². The van der Waals surface area contributed by atoms with Crippen molar-refractivity contribution in [3.63, 3.8) is 0 Å². The molecule has 1 unspecified atom stereocenters. The second kappa shape index (κ2) is 13.8. The first-order chi connectivity index (χ1) is 19.5. The van der Waals surface area contributed by atoms with Crippen molar-refractivity contribution in [2.24, 2.45) is 0 Å². The molecule has 0 aliphatic carbocycles.